The van der Waals surface area contributed by atoms with E-state index in [-0.39, 0.29) is 5.82 Å². The van der Waals surface area contributed by atoms with Gasteiger partial charge in [0.05, 0.1) is 0 Å². The molecule has 0 heterocycles. The molecular weight excluding hydrogens is 167 g/mol. The molecule has 13 heavy (non-hydrogen) atoms. The molecule has 0 atom stereocenters. The van der Waals surface area contributed by atoms with Crippen molar-refractivity contribution in [2.24, 2.45) is 0 Å². The van der Waals surface area contributed by atoms with Gasteiger partial charge in [0, 0.05) is 17.8 Å². The predicted octanol–water partition coefficient (Wildman–Crippen LogP) is 1.86. The zero-order valence-electron chi connectivity index (χ0n) is 8.05. The molecule has 1 aromatic rings. The van der Waals surface area contributed by atoms with E-state index in [9.17, 15) is 4.39 Å². The minimum atomic E-state index is -0.222. The quantitative estimate of drug-likeness (QED) is 0.723. The molecular formula is C10H15FN2. The Hall–Kier alpha value is -1.09. The first-order valence-electron chi connectivity index (χ1n) is 4.36. The molecule has 72 valence electrons. The number of halogens is 1. The van der Waals surface area contributed by atoms with Crippen molar-refractivity contribution >= 4 is 5.69 Å². The van der Waals surface area contributed by atoms with Gasteiger partial charge in [0.15, 0.2) is 0 Å². The highest BCUT2D eigenvalue weighted by Crippen LogP contribution is 2.13. The van der Waals surface area contributed by atoms with Crippen molar-refractivity contribution in [1.29, 1.82) is 0 Å². The molecule has 1 aromatic carbocycles. The minimum absolute atomic E-state index is 0.222. The molecule has 0 fully saturated rings. The lowest BCUT2D eigenvalue weighted by Gasteiger charge is -2.14. The van der Waals surface area contributed by atoms with E-state index in [2.05, 4.69) is 0 Å². The Morgan fingerprint density at radius 1 is 1.46 bits per heavy atom. The second-order valence-corrected chi connectivity index (χ2v) is 3.18. The molecule has 0 amide bonds. The second-order valence-electron chi connectivity index (χ2n) is 3.18. The van der Waals surface area contributed by atoms with Gasteiger partial charge >= 0.3 is 0 Å². The maximum absolute atomic E-state index is 13.2. The van der Waals surface area contributed by atoms with Crippen LogP contribution in [0.2, 0.25) is 0 Å². The van der Waals surface area contributed by atoms with Gasteiger partial charge in [-0.05, 0) is 25.7 Å². The van der Waals surface area contributed by atoms with Crippen molar-refractivity contribution in [1.82, 2.24) is 4.90 Å². The standard InChI is InChI=1S/C10H15FN2/c1-3-13(2)7-8-4-5-9(12)6-10(8)11/h4-6H,3,7,12H2,1-2H3. The molecule has 0 saturated heterocycles. The maximum atomic E-state index is 13.2. The molecule has 0 aliphatic heterocycles. The average molecular weight is 182 g/mol. The lowest BCUT2D eigenvalue weighted by atomic mass is 10.2. The Balaban J connectivity index is 2.77. The zero-order chi connectivity index (χ0) is 9.84. The van der Waals surface area contributed by atoms with Gasteiger partial charge in [-0.25, -0.2) is 4.39 Å². The predicted molar refractivity (Wildman–Crippen MR) is 52.8 cm³/mol. The lowest BCUT2D eigenvalue weighted by Crippen LogP contribution is -2.17. The third-order valence-electron chi connectivity index (χ3n) is 2.06. The molecule has 0 aromatic heterocycles. The third-order valence-corrected chi connectivity index (χ3v) is 2.06. The van der Waals surface area contributed by atoms with Crippen LogP contribution in [0.5, 0.6) is 0 Å². The van der Waals surface area contributed by atoms with Gasteiger partial charge in [0.1, 0.15) is 5.82 Å². The van der Waals surface area contributed by atoms with Crippen molar-refractivity contribution in [2.45, 2.75) is 13.5 Å². The molecule has 2 nitrogen and oxygen atoms in total. The normalized spacial score (nSPS) is 10.8. The molecule has 0 saturated carbocycles. The highest BCUT2D eigenvalue weighted by molar-refractivity contribution is 5.40. The third kappa shape index (κ3) is 2.70. The van der Waals surface area contributed by atoms with Crippen LogP contribution in [0.1, 0.15) is 12.5 Å². The summed E-state index contributed by atoms with van der Waals surface area (Å²) in [5.41, 5.74) is 6.60. The number of nitrogens with zero attached hydrogens (tertiary/aromatic N) is 1. The van der Waals surface area contributed by atoms with Crippen molar-refractivity contribution in [3.63, 3.8) is 0 Å². The van der Waals surface area contributed by atoms with Crippen molar-refractivity contribution < 1.29 is 4.39 Å². The van der Waals surface area contributed by atoms with E-state index in [1.165, 1.54) is 6.07 Å². The summed E-state index contributed by atoms with van der Waals surface area (Å²) in [4.78, 5) is 2.04. The van der Waals surface area contributed by atoms with E-state index in [1.807, 2.05) is 18.9 Å². The number of rotatable bonds is 3. The fourth-order valence-electron chi connectivity index (χ4n) is 1.09. The number of nitrogen functional groups attached to an aromatic ring is 1. The molecule has 0 aliphatic carbocycles. The van der Waals surface area contributed by atoms with E-state index in [0.717, 1.165) is 6.54 Å². The van der Waals surface area contributed by atoms with E-state index in [0.29, 0.717) is 17.8 Å². The Morgan fingerprint density at radius 2 is 2.15 bits per heavy atom. The Bertz CT molecular complexity index is 286. The molecule has 3 heteroatoms. The lowest BCUT2D eigenvalue weighted by molar-refractivity contribution is 0.339. The Morgan fingerprint density at radius 3 is 2.69 bits per heavy atom. The summed E-state index contributed by atoms with van der Waals surface area (Å²) < 4.78 is 13.2. The van der Waals surface area contributed by atoms with Crippen LogP contribution in [0.3, 0.4) is 0 Å². The van der Waals surface area contributed by atoms with Crippen LogP contribution in [0.25, 0.3) is 0 Å². The monoisotopic (exact) mass is 182 g/mol. The van der Waals surface area contributed by atoms with Crippen molar-refractivity contribution in [2.75, 3.05) is 19.3 Å². The van der Waals surface area contributed by atoms with Crippen LogP contribution in [0.15, 0.2) is 18.2 Å². The van der Waals surface area contributed by atoms with Crippen LogP contribution in [-0.2, 0) is 6.54 Å². The minimum Gasteiger partial charge on any atom is -0.399 e. The Labute approximate surface area is 78.2 Å². The summed E-state index contributed by atoms with van der Waals surface area (Å²) in [6, 6.07) is 4.82. The first-order chi connectivity index (χ1) is 6.13. The van der Waals surface area contributed by atoms with Gasteiger partial charge in [-0.2, -0.15) is 0 Å². The molecule has 0 spiro atoms. The highest BCUT2D eigenvalue weighted by Gasteiger charge is 2.04. The van der Waals surface area contributed by atoms with E-state index in [4.69, 9.17) is 5.73 Å². The molecule has 2 N–H and O–H groups in total. The fraction of sp³-hybridized carbons (Fsp3) is 0.400. The van der Waals surface area contributed by atoms with Crippen LogP contribution >= 0.6 is 0 Å². The van der Waals surface area contributed by atoms with Gasteiger partial charge < -0.3 is 10.6 Å². The Kier molecular flexibility index (Phi) is 3.25. The molecule has 0 aliphatic rings. The summed E-state index contributed by atoms with van der Waals surface area (Å²) in [5, 5.41) is 0. The molecule has 0 radical (unpaired) electrons. The van der Waals surface area contributed by atoms with Crippen LogP contribution < -0.4 is 5.73 Å². The smallest absolute Gasteiger partial charge is 0.129 e. The second kappa shape index (κ2) is 4.23. The van der Waals surface area contributed by atoms with Crippen molar-refractivity contribution in [3.8, 4) is 0 Å². The first-order valence-corrected chi connectivity index (χ1v) is 4.36. The number of nitrogens with two attached hydrogens (primary N) is 1. The number of hydrogen-bond donors (Lipinski definition) is 1. The summed E-state index contributed by atoms with van der Waals surface area (Å²) in [6.45, 7) is 3.57. The fourth-order valence-corrected chi connectivity index (χ4v) is 1.09. The number of benzene rings is 1. The summed E-state index contributed by atoms with van der Waals surface area (Å²) in [5.74, 6) is -0.222. The van der Waals surface area contributed by atoms with Crippen LogP contribution in [0.4, 0.5) is 10.1 Å². The number of anilines is 1. The van der Waals surface area contributed by atoms with Gasteiger partial charge in [-0.3, -0.25) is 0 Å². The van der Waals surface area contributed by atoms with Gasteiger partial charge in [-0.1, -0.05) is 13.0 Å². The van der Waals surface area contributed by atoms with E-state index >= 15 is 0 Å². The molecule has 0 unspecified atom stereocenters. The summed E-state index contributed by atoms with van der Waals surface area (Å²) >= 11 is 0. The first kappa shape index (κ1) is 9.99. The van der Waals surface area contributed by atoms with Crippen molar-refractivity contribution in [3.05, 3.63) is 29.6 Å². The van der Waals surface area contributed by atoms with E-state index in [1.54, 1.807) is 12.1 Å². The highest BCUT2D eigenvalue weighted by atomic mass is 19.1. The van der Waals surface area contributed by atoms with Gasteiger partial charge in [0.25, 0.3) is 0 Å². The molecule has 1 rings (SSSR count). The molecule has 0 bridgehead atoms. The van der Waals surface area contributed by atoms with Gasteiger partial charge in [-0.15, -0.1) is 0 Å². The van der Waals surface area contributed by atoms with E-state index < -0.39 is 0 Å². The summed E-state index contributed by atoms with van der Waals surface area (Å²) in [7, 11) is 1.95. The zero-order valence-corrected chi connectivity index (χ0v) is 8.05. The topological polar surface area (TPSA) is 29.3 Å². The largest absolute Gasteiger partial charge is 0.399 e. The van der Waals surface area contributed by atoms with Crippen LogP contribution in [-0.4, -0.2) is 18.5 Å². The SMILES string of the molecule is CCN(C)Cc1ccc(N)cc1F. The van der Waals surface area contributed by atoms with Gasteiger partial charge in [0.2, 0.25) is 0 Å². The number of hydrogen-bond acceptors (Lipinski definition) is 2. The average Bonchev–Trinajstić information content (AvgIpc) is 2.09. The van der Waals surface area contributed by atoms with Crippen LogP contribution in [0, 0.1) is 5.82 Å². The summed E-state index contributed by atoms with van der Waals surface area (Å²) in [6.07, 6.45) is 0. The maximum Gasteiger partial charge on any atom is 0.129 e.